The number of aliphatic carboxylic acids is 1. The molecule has 1 saturated carbocycles. The minimum Gasteiger partial charge on any atom is -0.481 e. The highest BCUT2D eigenvalue weighted by Crippen LogP contribution is 2.56. The van der Waals surface area contributed by atoms with Gasteiger partial charge in [0.15, 0.2) is 0 Å². The van der Waals surface area contributed by atoms with E-state index >= 15 is 0 Å². The quantitative estimate of drug-likeness (QED) is 0.213. The molecule has 0 spiro atoms. The van der Waals surface area contributed by atoms with E-state index in [-0.39, 0.29) is 24.4 Å². The summed E-state index contributed by atoms with van der Waals surface area (Å²) in [6.07, 6.45) is 2.44. The highest BCUT2D eigenvalue weighted by molar-refractivity contribution is 5.74. The van der Waals surface area contributed by atoms with Crippen LogP contribution in [0.2, 0.25) is 0 Å². The number of carbonyl (C=O) groups is 4. The Morgan fingerprint density at radius 3 is 2.27 bits per heavy atom. The molecule has 0 aromatic carbocycles. The van der Waals surface area contributed by atoms with Crippen LogP contribution in [0.15, 0.2) is 23.8 Å². The fourth-order valence-electron chi connectivity index (χ4n) is 6.39. The predicted octanol–water partition coefficient (Wildman–Crippen LogP) is 3.87. The Morgan fingerprint density at radius 1 is 1.05 bits per heavy atom. The van der Waals surface area contributed by atoms with Crippen LogP contribution in [0.4, 0.5) is 0 Å². The van der Waals surface area contributed by atoms with Crippen LogP contribution in [0.5, 0.6) is 0 Å². The summed E-state index contributed by atoms with van der Waals surface area (Å²) in [6.45, 7) is 13.7. The smallest absolute Gasteiger partial charge is 0.309 e. The van der Waals surface area contributed by atoms with Gasteiger partial charge in [-0.3, -0.25) is 19.2 Å². The lowest BCUT2D eigenvalue weighted by molar-refractivity contribution is -0.163. The van der Waals surface area contributed by atoms with Gasteiger partial charge in [-0.2, -0.15) is 0 Å². The van der Waals surface area contributed by atoms with Gasteiger partial charge in [-0.05, 0) is 82.4 Å². The van der Waals surface area contributed by atoms with Crippen molar-refractivity contribution < 1.29 is 48.7 Å². The third-order valence-corrected chi connectivity index (χ3v) is 8.42. The Morgan fingerprint density at radius 2 is 1.70 bits per heavy atom. The summed E-state index contributed by atoms with van der Waals surface area (Å²) in [5.41, 5.74) is -1.80. The van der Waals surface area contributed by atoms with E-state index in [9.17, 15) is 29.4 Å². The molecule has 40 heavy (non-hydrogen) atoms. The molecule has 0 aromatic heterocycles. The molecule has 0 bridgehead atoms. The molecule has 0 aromatic rings. The summed E-state index contributed by atoms with van der Waals surface area (Å²) in [4.78, 5) is 47.6. The molecule has 10 heteroatoms. The van der Waals surface area contributed by atoms with Gasteiger partial charge in [0, 0.05) is 25.2 Å². The fourth-order valence-corrected chi connectivity index (χ4v) is 6.39. The topological polar surface area (TPSA) is 157 Å². The summed E-state index contributed by atoms with van der Waals surface area (Å²) in [5.74, 6) is -2.96. The molecule has 2 aliphatic rings. The van der Waals surface area contributed by atoms with E-state index in [2.05, 4.69) is 13.5 Å². The SMILES string of the molecule is C=C1CC[C@H]2[C@H](C(C)(C)OC(C)=O)CC[C@]2(C)[C@H](OC(C)=O)/C=C(\COC(=O)C[C@@](C)(O)CC(=O)O)CC[C@H]1O. The molecule has 3 N–H and O–H groups in total. The molecular formula is C30H46O10. The molecule has 6 atom stereocenters. The standard InChI is InChI=1S/C30H46O10/c1-18-8-10-23-22(28(4,5)40-20(3)32)12-13-30(23,7)25(39-19(2)31)14-21(9-11-24(18)33)17-38-27(36)16-29(6,37)15-26(34)35/h14,22-25,33,37H,1,8-13,15-17H2,2-7H3,(H,34,35)/b21-14-/t22-,23+,24-,25-,29+,30+/m1/s1. The number of hydrogen-bond acceptors (Lipinski definition) is 9. The van der Waals surface area contributed by atoms with Crippen LogP contribution in [0, 0.1) is 17.3 Å². The number of fused-ring (bicyclic) bond motifs is 1. The lowest BCUT2D eigenvalue weighted by Crippen LogP contribution is -2.45. The van der Waals surface area contributed by atoms with Gasteiger partial charge in [0.05, 0.1) is 24.5 Å². The average Bonchev–Trinajstić information content (AvgIpc) is 3.13. The third kappa shape index (κ3) is 9.16. The van der Waals surface area contributed by atoms with Crippen molar-refractivity contribution in [2.24, 2.45) is 17.3 Å². The Labute approximate surface area is 236 Å². The first-order valence-electron chi connectivity index (χ1n) is 13.9. The van der Waals surface area contributed by atoms with Crippen molar-refractivity contribution >= 4 is 23.9 Å². The number of rotatable bonds is 9. The van der Waals surface area contributed by atoms with E-state index < -0.39 is 59.6 Å². The van der Waals surface area contributed by atoms with Crippen molar-refractivity contribution in [3.05, 3.63) is 23.8 Å². The summed E-state index contributed by atoms with van der Waals surface area (Å²) >= 11 is 0. The molecule has 0 saturated heterocycles. The number of carbonyl (C=O) groups excluding carboxylic acids is 3. The van der Waals surface area contributed by atoms with Crippen LogP contribution in [0.25, 0.3) is 0 Å². The Bertz CT molecular complexity index is 1010. The lowest BCUT2D eigenvalue weighted by Gasteiger charge is -2.43. The monoisotopic (exact) mass is 566 g/mol. The molecule has 0 radical (unpaired) electrons. The Hall–Kier alpha value is -2.72. The van der Waals surface area contributed by atoms with Crippen LogP contribution in [-0.2, 0) is 33.4 Å². The zero-order valence-electron chi connectivity index (χ0n) is 24.7. The summed E-state index contributed by atoms with van der Waals surface area (Å²) in [7, 11) is 0. The number of aliphatic hydroxyl groups excluding tert-OH is 1. The zero-order chi connectivity index (χ0) is 30.5. The minimum absolute atomic E-state index is 0.0451. The Balaban J connectivity index is 2.44. The molecule has 1 fully saturated rings. The van der Waals surface area contributed by atoms with Crippen molar-refractivity contribution in [1.29, 1.82) is 0 Å². The average molecular weight is 567 g/mol. The van der Waals surface area contributed by atoms with E-state index in [0.29, 0.717) is 43.3 Å². The van der Waals surface area contributed by atoms with Gasteiger partial charge in [-0.25, -0.2) is 0 Å². The molecule has 0 heterocycles. The summed E-state index contributed by atoms with van der Waals surface area (Å²) in [6, 6.07) is 0. The van der Waals surface area contributed by atoms with Crippen LogP contribution < -0.4 is 0 Å². The largest absolute Gasteiger partial charge is 0.481 e. The van der Waals surface area contributed by atoms with E-state index in [1.165, 1.54) is 20.8 Å². The highest BCUT2D eigenvalue weighted by atomic mass is 16.6. The van der Waals surface area contributed by atoms with Gasteiger partial charge in [0.2, 0.25) is 0 Å². The molecule has 2 aliphatic carbocycles. The van der Waals surface area contributed by atoms with Gasteiger partial charge in [0.25, 0.3) is 0 Å². The van der Waals surface area contributed by atoms with Crippen molar-refractivity contribution in [3.63, 3.8) is 0 Å². The van der Waals surface area contributed by atoms with Crippen LogP contribution >= 0.6 is 0 Å². The number of carboxylic acid groups (broad SMARTS) is 1. The van der Waals surface area contributed by atoms with Gasteiger partial charge in [-0.15, -0.1) is 0 Å². The highest BCUT2D eigenvalue weighted by Gasteiger charge is 2.55. The Kier molecular flexibility index (Phi) is 11.1. The van der Waals surface area contributed by atoms with E-state index in [4.69, 9.17) is 19.3 Å². The number of esters is 3. The van der Waals surface area contributed by atoms with Crippen molar-refractivity contribution in [2.45, 2.75) is 116 Å². The second-order valence-corrected chi connectivity index (χ2v) is 12.5. The maximum atomic E-state index is 12.5. The molecule has 226 valence electrons. The molecule has 2 rings (SSSR count). The molecule has 0 unspecified atom stereocenters. The van der Waals surface area contributed by atoms with Gasteiger partial charge >= 0.3 is 23.9 Å². The number of hydrogen-bond donors (Lipinski definition) is 3. The lowest BCUT2D eigenvalue weighted by atomic mass is 9.67. The fraction of sp³-hybridized carbons (Fsp3) is 0.733. The van der Waals surface area contributed by atoms with E-state index in [0.717, 1.165) is 6.42 Å². The van der Waals surface area contributed by atoms with Gasteiger partial charge in [0.1, 0.15) is 18.3 Å². The third-order valence-electron chi connectivity index (χ3n) is 8.42. The first-order chi connectivity index (χ1) is 18.4. The van der Waals surface area contributed by atoms with Crippen molar-refractivity contribution in [1.82, 2.24) is 0 Å². The molecule has 0 aliphatic heterocycles. The predicted molar refractivity (Wildman–Crippen MR) is 146 cm³/mol. The molecule has 0 amide bonds. The van der Waals surface area contributed by atoms with Crippen LogP contribution in [0.3, 0.4) is 0 Å². The molecule has 10 nitrogen and oxygen atoms in total. The van der Waals surface area contributed by atoms with Crippen molar-refractivity contribution in [2.75, 3.05) is 6.61 Å². The van der Waals surface area contributed by atoms with E-state index in [1.54, 1.807) is 6.08 Å². The second kappa shape index (κ2) is 13.3. The number of aliphatic hydroxyl groups is 2. The second-order valence-electron chi connectivity index (χ2n) is 12.5. The molecular weight excluding hydrogens is 520 g/mol. The maximum absolute atomic E-state index is 12.5. The zero-order valence-corrected chi connectivity index (χ0v) is 24.7. The first kappa shape index (κ1) is 33.5. The summed E-state index contributed by atoms with van der Waals surface area (Å²) < 4.78 is 17.0. The summed E-state index contributed by atoms with van der Waals surface area (Å²) in [5, 5.41) is 30.0. The van der Waals surface area contributed by atoms with Gasteiger partial charge < -0.3 is 29.5 Å². The van der Waals surface area contributed by atoms with Crippen LogP contribution in [-0.4, -0.2) is 69.2 Å². The first-order valence-corrected chi connectivity index (χ1v) is 13.9. The van der Waals surface area contributed by atoms with Crippen molar-refractivity contribution in [3.8, 4) is 0 Å². The number of carboxylic acids is 1. The van der Waals surface area contributed by atoms with Gasteiger partial charge in [-0.1, -0.05) is 13.5 Å². The van der Waals surface area contributed by atoms with Crippen LogP contribution in [0.1, 0.15) is 92.9 Å². The normalized spacial score (nSPS) is 30.5. The number of ether oxygens (including phenoxy) is 3. The maximum Gasteiger partial charge on any atom is 0.309 e. The minimum atomic E-state index is -1.77. The van der Waals surface area contributed by atoms with E-state index in [1.807, 2.05) is 13.8 Å².